The van der Waals surface area contributed by atoms with Gasteiger partial charge in [0.25, 0.3) is 0 Å². The molecule has 1 fully saturated rings. The number of rotatable bonds is 5. The standard InChI is InChI=1S/C25H30O5S5Si5/c1-36(21-11-6-16-31-21)26-37(2,22-12-7-17-32-22)28-39(4,24-14-9-19-34-24)30-40(5,25-15-10-20-35-25)29-38(3,27-36)23-13-8-18-33-23/h6-20H,1-5H3. The van der Waals surface area contributed by atoms with Crippen LogP contribution in [0.15, 0.2) is 87.6 Å². The van der Waals surface area contributed by atoms with Gasteiger partial charge in [-0.2, -0.15) is 0 Å². The molecule has 0 unspecified atom stereocenters. The Bertz CT molecular complexity index is 1230. The Morgan fingerprint density at radius 2 is 0.525 bits per heavy atom. The van der Waals surface area contributed by atoms with Crippen LogP contribution >= 0.6 is 56.7 Å². The van der Waals surface area contributed by atoms with Gasteiger partial charge in [0.05, 0.1) is 0 Å². The van der Waals surface area contributed by atoms with Gasteiger partial charge in [-0.15, -0.1) is 56.7 Å². The lowest BCUT2D eigenvalue weighted by Crippen LogP contribution is -2.76. The minimum atomic E-state index is -3.07. The van der Waals surface area contributed by atoms with E-state index in [4.69, 9.17) is 20.6 Å². The fourth-order valence-electron chi connectivity index (χ4n) is 5.15. The molecular weight excluding hydrogens is 681 g/mol. The van der Waals surface area contributed by atoms with Crippen LogP contribution in [-0.4, -0.2) is 42.8 Å². The van der Waals surface area contributed by atoms with Gasteiger partial charge >= 0.3 is 42.8 Å². The van der Waals surface area contributed by atoms with Gasteiger partial charge < -0.3 is 20.6 Å². The molecule has 1 saturated heterocycles. The Morgan fingerprint density at radius 3 is 0.650 bits per heavy atom. The van der Waals surface area contributed by atoms with Crippen molar-refractivity contribution in [1.29, 1.82) is 0 Å². The molecule has 210 valence electrons. The maximum Gasteiger partial charge on any atom is 0.362 e. The summed E-state index contributed by atoms with van der Waals surface area (Å²) in [5, 5.41) is 10.5. The van der Waals surface area contributed by atoms with Gasteiger partial charge in [0.1, 0.15) is 0 Å². The molecule has 0 radical (unpaired) electrons. The summed E-state index contributed by atoms with van der Waals surface area (Å²) < 4.78 is 42.8. The molecular formula is C25H30O5S5Si5. The smallest absolute Gasteiger partial charge is 0.362 e. The highest BCUT2D eigenvalue weighted by atomic mass is 32.1. The molecule has 6 rings (SSSR count). The fourth-order valence-corrected chi connectivity index (χ4v) is 40.1. The topological polar surface area (TPSA) is 46.2 Å². The predicted octanol–water partition coefficient (Wildman–Crippen LogP) is 5.29. The molecule has 0 aliphatic carbocycles. The second-order valence-corrected chi connectivity index (χ2v) is 32.9. The van der Waals surface area contributed by atoms with E-state index in [1.165, 1.54) is 0 Å². The number of hydrogen-bond acceptors (Lipinski definition) is 10. The molecule has 0 atom stereocenters. The summed E-state index contributed by atoms with van der Waals surface area (Å²) in [7, 11) is -15.4. The van der Waals surface area contributed by atoms with E-state index in [0.717, 1.165) is 22.5 Å². The number of thiophene rings is 5. The van der Waals surface area contributed by atoms with Gasteiger partial charge in [0.2, 0.25) is 0 Å². The van der Waals surface area contributed by atoms with Gasteiger partial charge in [-0.25, -0.2) is 0 Å². The van der Waals surface area contributed by atoms with Crippen LogP contribution in [0.2, 0.25) is 32.7 Å². The van der Waals surface area contributed by atoms with Gasteiger partial charge in [0, 0.05) is 22.5 Å². The van der Waals surface area contributed by atoms with Gasteiger partial charge in [-0.1, -0.05) is 30.3 Å². The Balaban J connectivity index is 1.61. The monoisotopic (exact) mass is 710 g/mol. The molecule has 5 aromatic heterocycles. The van der Waals surface area contributed by atoms with E-state index in [2.05, 4.69) is 120 Å². The van der Waals surface area contributed by atoms with Crippen LogP contribution in [0.25, 0.3) is 0 Å². The van der Waals surface area contributed by atoms with Crippen molar-refractivity contribution in [3.05, 3.63) is 87.6 Å². The average Bonchev–Trinajstić information content (AvgIpc) is 3.74. The van der Waals surface area contributed by atoms with E-state index in [1.807, 2.05) is 0 Å². The van der Waals surface area contributed by atoms with Crippen LogP contribution in [0, 0.1) is 0 Å². The summed E-state index contributed by atoms with van der Waals surface area (Å²) in [5.74, 6) is 0. The maximum absolute atomic E-state index is 7.43. The van der Waals surface area contributed by atoms with Crippen LogP contribution in [0.4, 0.5) is 0 Å². The summed E-state index contributed by atoms with van der Waals surface area (Å²) in [6, 6.07) is 21.2. The summed E-state index contributed by atoms with van der Waals surface area (Å²) in [6.45, 7) is 10.9. The summed E-state index contributed by atoms with van der Waals surface area (Å²) in [4.78, 5) is 0. The zero-order chi connectivity index (χ0) is 28.1. The molecule has 5 aromatic rings. The van der Waals surface area contributed by atoms with Gasteiger partial charge in [-0.3, -0.25) is 0 Å². The summed E-state index contributed by atoms with van der Waals surface area (Å²) in [6.07, 6.45) is 0. The Kier molecular flexibility index (Phi) is 8.21. The Morgan fingerprint density at radius 1 is 0.350 bits per heavy atom. The fraction of sp³-hybridized carbons (Fsp3) is 0.200. The minimum Gasteiger partial charge on any atom is -0.408 e. The van der Waals surface area contributed by atoms with Crippen molar-refractivity contribution in [2.75, 3.05) is 0 Å². The Labute approximate surface area is 260 Å². The summed E-state index contributed by atoms with van der Waals surface area (Å²) >= 11 is 8.48. The third kappa shape index (κ3) is 5.56. The van der Waals surface area contributed by atoms with Crippen molar-refractivity contribution in [1.82, 2.24) is 0 Å². The molecule has 1 aliphatic rings. The Hall–Kier alpha value is -0.616. The molecule has 0 N–H and O–H groups in total. The van der Waals surface area contributed by atoms with Crippen molar-refractivity contribution in [3.8, 4) is 0 Å². The molecule has 5 nitrogen and oxygen atoms in total. The molecule has 40 heavy (non-hydrogen) atoms. The van der Waals surface area contributed by atoms with E-state index < -0.39 is 42.8 Å². The lowest BCUT2D eigenvalue weighted by atomic mass is 10.7. The van der Waals surface area contributed by atoms with Crippen molar-refractivity contribution in [3.63, 3.8) is 0 Å². The van der Waals surface area contributed by atoms with Crippen LogP contribution in [0.5, 0.6) is 0 Å². The minimum absolute atomic E-state index is 1.13. The largest absolute Gasteiger partial charge is 0.408 e. The zero-order valence-electron chi connectivity index (χ0n) is 22.7. The third-order valence-electron chi connectivity index (χ3n) is 6.79. The van der Waals surface area contributed by atoms with Crippen molar-refractivity contribution < 1.29 is 20.6 Å². The number of hydrogen-bond donors (Lipinski definition) is 0. The van der Waals surface area contributed by atoms with Crippen LogP contribution in [-0.2, 0) is 20.6 Å². The highest BCUT2D eigenvalue weighted by molar-refractivity contribution is 7.31. The highest BCUT2D eigenvalue weighted by Gasteiger charge is 2.61. The van der Waals surface area contributed by atoms with Crippen LogP contribution < -0.4 is 22.5 Å². The quantitative estimate of drug-likeness (QED) is 0.232. The third-order valence-corrected chi connectivity index (χ3v) is 38.4. The first-order chi connectivity index (χ1) is 19.1. The second-order valence-electron chi connectivity index (χ2n) is 10.1. The molecule has 0 bridgehead atoms. The summed E-state index contributed by atoms with van der Waals surface area (Å²) in [5.41, 5.74) is 0. The molecule has 0 amide bonds. The van der Waals surface area contributed by atoms with Crippen LogP contribution in [0.1, 0.15) is 0 Å². The lowest BCUT2D eigenvalue weighted by Gasteiger charge is -2.48. The average molecular weight is 711 g/mol. The predicted molar refractivity (Wildman–Crippen MR) is 183 cm³/mol. The van der Waals surface area contributed by atoms with E-state index in [-0.39, 0.29) is 0 Å². The molecule has 0 spiro atoms. The zero-order valence-corrected chi connectivity index (χ0v) is 31.8. The van der Waals surface area contributed by atoms with E-state index >= 15 is 0 Å². The SMILES string of the molecule is C[Si]1(c2cccs2)O[Si](C)(c2cccs2)O[Si](C)(c2cccs2)O[Si](C)(c2cccs2)O[Si](C)(c2cccs2)O1. The second kappa shape index (κ2) is 11.1. The van der Waals surface area contributed by atoms with Crippen molar-refractivity contribution in [2.24, 2.45) is 0 Å². The lowest BCUT2D eigenvalue weighted by molar-refractivity contribution is 0.256. The highest BCUT2D eigenvalue weighted by Crippen LogP contribution is 2.34. The van der Waals surface area contributed by atoms with Crippen molar-refractivity contribution >= 4 is 122 Å². The van der Waals surface area contributed by atoms with Crippen LogP contribution in [0.3, 0.4) is 0 Å². The first-order valence-electron chi connectivity index (χ1n) is 12.8. The normalized spacial score (nSPS) is 33.6. The first kappa shape index (κ1) is 29.5. The van der Waals surface area contributed by atoms with Crippen molar-refractivity contribution in [2.45, 2.75) is 32.7 Å². The molecule has 0 saturated carbocycles. The van der Waals surface area contributed by atoms with E-state index in [0.29, 0.717) is 0 Å². The van der Waals surface area contributed by atoms with E-state index in [1.54, 1.807) is 56.7 Å². The van der Waals surface area contributed by atoms with E-state index in [9.17, 15) is 0 Å². The first-order valence-corrected chi connectivity index (χ1v) is 28.7. The van der Waals surface area contributed by atoms with Gasteiger partial charge in [0.15, 0.2) is 0 Å². The molecule has 1 aliphatic heterocycles. The van der Waals surface area contributed by atoms with Gasteiger partial charge in [-0.05, 0) is 90.0 Å². The maximum atomic E-state index is 7.43. The molecule has 15 heteroatoms. The molecule has 0 aromatic carbocycles. The molecule has 6 heterocycles.